The van der Waals surface area contributed by atoms with Crippen LogP contribution in [-0.2, 0) is 0 Å². The van der Waals surface area contributed by atoms with E-state index in [1.165, 1.54) is 6.07 Å². The van der Waals surface area contributed by atoms with Crippen LogP contribution in [-0.4, -0.2) is 4.92 Å². The van der Waals surface area contributed by atoms with E-state index in [9.17, 15) is 10.1 Å². The smallest absolute Gasteiger partial charge is 0.258 e. The molecule has 0 radical (unpaired) electrons. The van der Waals surface area contributed by atoms with Gasteiger partial charge in [0.2, 0.25) is 0 Å². The van der Waals surface area contributed by atoms with Crippen LogP contribution in [0.2, 0.25) is 0 Å². The number of benzene rings is 2. The Labute approximate surface area is 90.0 Å². The molecule has 0 spiro atoms. The zero-order valence-corrected chi connectivity index (χ0v) is 8.61. The molecule has 2 aromatic rings. The van der Waals surface area contributed by atoms with Crippen molar-refractivity contribution in [3.8, 4) is 0 Å². The van der Waals surface area contributed by atoms with E-state index >= 15 is 0 Å². The Morgan fingerprint density at radius 1 is 1.36 bits per heavy atom. The molecule has 0 saturated heterocycles. The van der Waals surface area contributed by atoms with E-state index < -0.39 is 4.92 Å². The third kappa shape index (κ3) is 1.37. The molecule has 3 nitrogen and oxygen atoms in total. The number of nitro groups is 1. The lowest BCUT2D eigenvalue weighted by atomic mass is 10.1. The van der Waals surface area contributed by atoms with Crippen LogP contribution in [0.15, 0.2) is 40.8 Å². The lowest BCUT2D eigenvalue weighted by Gasteiger charge is -2.00. The van der Waals surface area contributed by atoms with Crippen molar-refractivity contribution in [3.05, 3.63) is 51.0 Å². The molecule has 0 atom stereocenters. The van der Waals surface area contributed by atoms with E-state index in [0.717, 1.165) is 10.8 Å². The summed E-state index contributed by atoms with van der Waals surface area (Å²) in [5.74, 6) is 0. The van der Waals surface area contributed by atoms with Gasteiger partial charge >= 0.3 is 0 Å². The molecule has 0 amide bonds. The van der Waals surface area contributed by atoms with Crippen molar-refractivity contribution in [3.63, 3.8) is 0 Å². The second-order valence-electron chi connectivity index (χ2n) is 2.80. The molecule has 2 aromatic carbocycles. The first-order valence-electron chi connectivity index (χ1n) is 4.43. The van der Waals surface area contributed by atoms with Crippen LogP contribution < -0.4 is 0 Å². The second-order valence-corrected chi connectivity index (χ2v) is 3.59. The average Bonchev–Trinajstić information content (AvgIpc) is 2.17. The topological polar surface area (TPSA) is 43.1 Å². The normalized spacial score (nSPS) is 11.4. The van der Waals surface area contributed by atoms with Crippen molar-refractivity contribution >= 4 is 32.4 Å². The molecular formula is C10H6BrNO2. The second kappa shape index (κ2) is 3.38. The van der Waals surface area contributed by atoms with Gasteiger partial charge in [-0.2, -0.15) is 0 Å². The molecule has 0 aliphatic heterocycles. The molecule has 2 rings (SSSR count). The molecule has 14 heavy (non-hydrogen) atoms. The van der Waals surface area contributed by atoms with Gasteiger partial charge in [-0.3, -0.25) is 10.1 Å². The van der Waals surface area contributed by atoms with E-state index in [2.05, 4.69) is 15.9 Å². The molecule has 0 unspecified atom stereocenters. The zero-order chi connectivity index (χ0) is 11.0. The maximum Gasteiger partial charge on any atom is 0.284 e. The van der Waals surface area contributed by atoms with Crippen molar-refractivity contribution in [1.82, 2.24) is 0 Å². The van der Waals surface area contributed by atoms with E-state index in [1.54, 1.807) is 12.1 Å². The molecule has 0 bridgehead atoms. The van der Waals surface area contributed by atoms with Crippen molar-refractivity contribution < 1.29 is 6.29 Å². The summed E-state index contributed by atoms with van der Waals surface area (Å²) >= 11 is 3.17. The molecule has 0 fully saturated rings. The molecular weight excluding hydrogens is 246 g/mol. The van der Waals surface area contributed by atoms with Crippen LogP contribution in [0.25, 0.3) is 10.8 Å². The highest BCUT2D eigenvalue weighted by atomic mass is 79.9. The van der Waals surface area contributed by atoms with Crippen LogP contribution in [0.5, 0.6) is 0 Å². The molecule has 70 valence electrons. The maximum absolute atomic E-state index is 10.7. The van der Waals surface area contributed by atoms with Gasteiger partial charge in [0, 0.05) is 11.4 Å². The van der Waals surface area contributed by atoms with Crippen LogP contribution >= 0.6 is 15.9 Å². The number of rotatable bonds is 1. The number of nitro benzene ring substituents is 1. The van der Waals surface area contributed by atoms with Gasteiger partial charge < -0.3 is 0 Å². The van der Waals surface area contributed by atoms with Gasteiger partial charge in [0.05, 0.1) is 6.29 Å². The number of fused-ring (bicyclic) bond motifs is 1. The van der Waals surface area contributed by atoms with Crippen LogP contribution in [0.1, 0.15) is 1.37 Å². The highest BCUT2D eigenvalue weighted by Gasteiger charge is 2.13. The standard InChI is InChI=1S/C10H6BrNO2/c11-10-8-4-2-1-3-7(8)5-6-9(10)12(13)14/h1-6H/i6D. The lowest BCUT2D eigenvalue weighted by molar-refractivity contribution is -0.385. The Kier molecular flexibility index (Phi) is 1.92. The summed E-state index contributed by atoms with van der Waals surface area (Å²) in [6.45, 7) is 0. The Morgan fingerprint density at radius 3 is 2.79 bits per heavy atom. The SMILES string of the molecule is [2H]c1cc2ccccc2c(Br)c1[N+](=O)[O-]. The molecule has 0 heterocycles. The van der Waals surface area contributed by atoms with Crippen LogP contribution in [0.3, 0.4) is 0 Å². The first-order valence-corrected chi connectivity index (χ1v) is 4.73. The fourth-order valence-electron chi connectivity index (χ4n) is 1.29. The molecule has 0 aromatic heterocycles. The number of nitrogens with zero attached hydrogens (tertiary/aromatic N) is 1. The van der Waals surface area contributed by atoms with Gasteiger partial charge in [-0.1, -0.05) is 24.3 Å². The monoisotopic (exact) mass is 252 g/mol. The highest BCUT2D eigenvalue weighted by Crippen LogP contribution is 2.32. The van der Waals surface area contributed by atoms with Crippen molar-refractivity contribution in [2.75, 3.05) is 0 Å². The van der Waals surface area contributed by atoms with Gasteiger partial charge in [0.25, 0.3) is 5.69 Å². The summed E-state index contributed by atoms with van der Waals surface area (Å²) in [7, 11) is 0. The summed E-state index contributed by atoms with van der Waals surface area (Å²) in [5.41, 5.74) is -0.186. The Balaban J connectivity index is 2.90. The molecule has 0 N–H and O–H groups in total. The quantitative estimate of drug-likeness (QED) is 0.576. The van der Waals surface area contributed by atoms with Gasteiger partial charge in [0.1, 0.15) is 4.47 Å². The zero-order valence-electron chi connectivity index (χ0n) is 8.03. The van der Waals surface area contributed by atoms with Gasteiger partial charge in [-0.05, 0) is 27.4 Å². The van der Waals surface area contributed by atoms with Gasteiger partial charge in [-0.15, -0.1) is 0 Å². The molecule has 4 heteroatoms. The predicted molar refractivity (Wildman–Crippen MR) is 58.3 cm³/mol. The summed E-state index contributed by atoms with van der Waals surface area (Å²) < 4.78 is 7.92. The van der Waals surface area contributed by atoms with Crippen molar-refractivity contribution in [2.24, 2.45) is 0 Å². The van der Waals surface area contributed by atoms with Crippen molar-refractivity contribution in [2.45, 2.75) is 0 Å². The minimum atomic E-state index is -0.543. The van der Waals surface area contributed by atoms with Crippen molar-refractivity contribution in [1.29, 1.82) is 0 Å². The number of hydrogen-bond acceptors (Lipinski definition) is 2. The number of hydrogen-bond donors (Lipinski definition) is 0. The number of halogens is 1. The van der Waals surface area contributed by atoms with E-state index in [1.807, 2.05) is 12.1 Å². The maximum atomic E-state index is 10.7. The summed E-state index contributed by atoms with van der Waals surface area (Å²) in [5, 5.41) is 12.3. The Morgan fingerprint density at radius 2 is 2.07 bits per heavy atom. The predicted octanol–water partition coefficient (Wildman–Crippen LogP) is 3.51. The van der Waals surface area contributed by atoms with E-state index in [0.29, 0.717) is 4.47 Å². The Bertz CT molecular complexity index is 556. The Hall–Kier alpha value is -1.42. The third-order valence-corrected chi connectivity index (χ3v) is 2.75. The highest BCUT2D eigenvalue weighted by molar-refractivity contribution is 9.10. The fraction of sp³-hybridized carbons (Fsp3) is 0. The molecule has 0 aliphatic carbocycles. The van der Waals surface area contributed by atoms with E-state index in [4.69, 9.17) is 1.37 Å². The minimum absolute atomic E-state index is 0.0782. The summed E-state index contributed by atoms with van der Waals surface area (Å²) in [6, 6.07) is 8.66. The summed E-state index contributed by atoms with van der Waals surface area (Å²) in [6.07, 6.45) is 0. The average molecular weight is 253 g/mol. The molecule has 0 aliphatic rings. The van der Waals surface area contributed by atoms with Crippen LogP contribution in [0.4, 0.5) is 5.69 Å². The lowest BCUT2D eigenvalue weighted by Crippen LogP contribution is -1.89. The first-order chi connectivity index (χ1) is 7.11. The first kappa shape index (κ1) is 7.94. The summed E-state index contributed by atoms with van der Waals surface area (Å²) in [4.78, 5) is 10.2. The van der Waals surface area contributed by atoms with Gasteiger partial charge in [-0.25, -0.2) is 0 Å². The third-order valence-electron chi connectivity index (χ3n) is 1.95. The molecule has 0 saturated carbocycles. The largest absolute Gasteiger partial charge is 0.284 e. The van der Waals surface area contributed by atoms with E-state index in [-0.39, 0.29) is 11.7 Å². The van der Waals surface area contributed by atoms with Crippen LogP contribution in [0, 0.1) is 10.1 Å². The minimum Gasteiger partial charge on any atom is -0.258 e. The fourth-order valence-corrected chi connectivity index (χ4v) is 1.91. The van der Waals surface area contributed by atoms with Gasteiger partial charge in [0.15, 0.2) is 0 Å².